The number of hydrogen-bond donors (Lipinski definition) is 4. The molecule has 1 fully saturated rings. The Kier molecular flexibility index (Phi) is 9.41. The summed E-state index contributed by atoms with van der Waals surface area (Å²) in [7, 11) is 0. The Hall–Kier alpha value is -3.65. The third-order valence-corrected chi connectivity index (χ3v) is 7.92. The first-order chi connectivity index (χ1) is 18.7. The minimum Gasteiger partial charge on any atom is -0.481 e. The summed E-state index contributed by atoms with van der Waals surface area (Å²) >= 11 is 0. The van der Waals surface area contributed by atoms with Crippen molar-refractivity contribution in [2.45, 2.75) is 77.4 Å². The molecule has 0 bridgehead atoms. The molecule has 0 spiro atoms. The van der Waals surface area contributed by atoms with Gasteiger partial charge in [-0.15, -0.1) is 0 Å². The van der Waals surface area contributed by atoms with E-state index in [-0.39, 0.29) is 17.8 Å². The van der Waals surface area contributed by atoms with E-state index in [2.05, 4.69) is 24.1 Å². The average molecular weight is 532 g/mol. The zero-order valence-corrected chi connectivity index (χ0v) is 23.1. The minimum absolute atomic E-state index is 0.0184. The Balaban J connectivity index is 1.59. The summed E-state index contributed by atoms with van der Waals surface area (Å²) in [6, 6.07) is 16.2. The SMILES string of the molecule is C[C@@H]1CCC[C@H](C)N1CCCCCn1c(=O)c(-c2cccc(C(=N)N)c2)cc2ccc(NCCC(=O)O)cc21. The maximum absolute atomic E-state index is 13.8. The Labute approximate surface area is 230 Å². The van der Waals surface area contributed by atoms with Gasteiger partial charge in [-0.3, -0.25) is 19.9 Å². The summed E-state index contributed by atoms with van der Waals surface area (Å²) in [6.07, 6.45) is 6.89. The van der Waals surface area contributed by atoms with Crippen LogP contribution in [0.4, 0.5) is 5.69 Å². The zero-order chi connectivity index (χ0) is 27.9. The number of nitrogens with zero attached hydrogens (tertiary/aromatic N) is 2. The average Bonchev–Trinajstić information content (AvgIpc) is 2.90. The number of nitrogens with two attached hydrogens (primary N) is 1. The minimum atomic E-state index is -0.856. The van der Waals surface area contributed by atoms with Crippen molar-refractivity contribution in [2.75, 3.05) is 18.4 Å². The third kappa shape index (κ3) is 7.06. The summed E-state index contributed by atoms with van der Waals surface area (Å²) in [4.78, 5) is 27.4. The first-order valence-corrected chi connectivity index (χ1v) is 14.1. The molecule has 8 nitrogen and oxygen atoms in total. The van der Waals surface area contributed by atoms with Crippen molar-refractivity contribution < 1.29 is 9.90 Å². The fourth-order valence-corrected chi connectivity index (χ4v) is 5.73. The molecular formula is C31H41N5O3. The second-order valence-electron chi connectivity index (χ2n) is 10.8. The van der Waals surface area contributed by atoms with Gasteiger partial charge in [0, 0.05) is 42.0 Å². The van der Waals surface area contributed by atoms with Crippen molar-refractivity contribution in [1.82, 2.24) is 9.47 Å². The molecule has 1 aliphatic heterocycles. The molecule has 2 aromatic carbocycles. The molecule has 39 heavy (non-hydrogen) atoms. The van der Waals surface area contributed by atoms with Gasteiger partial charge in [-0.2, -0.15) is 0 Å². The number of nitrogen functional groups attached to an aromatic ring is 1. The smallest absolute Gasteiger partial charge is 0.305 e. The van der Waals surface area contributed by atoms with Crippen LogP contribution in [-0.2, 0) is 11.3 Å². The molecule has 2 atom stereocenters. The van der Waals surface area contributed by atoms with Gasteiger partial charge in [-0.05, 0) is 81.3 Å². The molecule has 208 valence electrons. The second kappa shape index (κ2) is 12.9. The molecule has 1 aliphatic rings. The quantitative estimate of drug-likeness (QED) is 0.143. The van der Waals surface area contributed by atoms with Crippen LogP contribution in [0.15, 0.2) is 53.3 Å². The number of carboxylic acids is 1. The van der Waals surface area contributed by atoms with Gasteiger partial charge in [-0.1, -0.05) is 37.1 Å². The summed E-state index contributed by atoms with van der Waals surface area (Å²) in [5, 5.41) is 20.9. The van der Waals surface area contributed by atoms with E-state index in [1.807, 2.05) is 41.0 Å². The van der Waals surface area contributed by atoms with Crippen LogP contribution in [-0.4, -0.2) is 51.6 Å². The topological polar surface area (TPSA) is 124 Å². The maximum Gasteiger partial charge on any atom is 0.305 e. The van der Waals surface area contributed by atoms with E-state index in [4.69, 9.17) is 16.2 Å². The molecule has 3 aromatic rings. The lowest BCUT2D eigenvalue weighted by molar-refractivity contribution is -0.136. The van der Waals surface area contributed by atoms with E-state index in [0.717, 1.165) is 48.0 Å². The van der Waals surface area contributed by atoms with E-state index < -0.39 is 5.97 Å². The largest absolute Gasteiger partial charge is 0.481 e. The van der Waals surface area contributed by atoms with Crippen LogP contribution in [0.25, 0.3) is 22.0 Å². The normalized spacial score (nSPS) is 17.8. The van der Waals surface area contributed by atoms with E-state index in [1.54, 1.807) is 12.1 Å². The number of hydrogen-bond acceptors (Lipinski definition) is 5. The van der Waals surface area contributed by atoms with Crippen LogP contribution >= 0.6 is 0 Å². The van der Waals surface area contributed by atoms with Crippen molar-refractivity contribution in [2.24, 2.45) is 5.73 Å². The van der Waals surface area contributed by atoms with Crippen LogP contribution in [0, 0.1) is 5.41 Å². The van der Waals surface area contributed by atoms with E-state index in [0.29, 0.717) is 36.3 Å². The number of benzene rings is 2. The highest BCUT2D eigenvalue weighted by molar-refractivity contribution is 5.96. The maximum atomic E-state index is 13.8. The molecule has 0 radical (unpaired) electrons. The molecule has 0 aliphatic carbocycles. The van der Waals surface area contributed by atoms with Crippen LogP contribution in [0.1, 0.15) is 64.4 Å². The number of aryl methyl sites for hydroxylation is 1. The van der Waals surface area contributed by atoms with Crippen molar-refractivity contribution in [3.63, 3.8) is 0 Å². The lowest BCUT2D eigenvalue weighted by Crippen LogP contribution is -2.44. The van der Waals surface area contributed by atoms with Gasteiger partial charge < -0.3 is 20.7 Å². The molecule has 2 heterocycles. The van der Waals surface area contributed by atoms with Gasteiger partial charge >= 0.3 is 5.97 Å². The fourth-order valence-electron chi connectivity index (χ4n) is 5.73. The highest BCUT2D eigenvalue weighted by Crippen LogP contribution is 2.26. The summed E-state index contributed by atoms with van der Waals surface area (Å²) < 4.78 is 1.85. The predicted molar refractivity (Wildman–Crippen MR) is 159 cm³/mol. The lowest BCUT2D eigenvalue weighted by atomic mass is 9.97. The Bertz CT molecular complexity index is 1370. The van der Waals surface area contributed by atoms with Crippen LogP contribution in [0.2, 0.25) is 0 Å². The number of likely N-dealkylation sites (tertiary alicyclic amines) is 1. The van der Waals surface area contributed by atoms with Gasteiger partial charge in [0.25, 0.3) is 5.56 Å². The lowest BCUT2D eigenvalue weighted by Gasteiger charge is -2.39. The molecule has 1 saturated heterocycles. The van der Waals surface area contributed by atoms with Gasteiger partial charge in [0.2, 0.25) is 0 Å². The fraction of sp³-hybridized carbons (Fsp3) is 0.452. The molecule has 1 aromatic heterocycles. The molecule has 0 saturated carbocycles. The van der Waals surface area contributed by atoms with E-state index in [9.17, 15) is 9.59 Å². The number of rotatable bonds is 12. The van der Waals surface area contributed by atoms with Crippen molar-refractivity contribution >= 4 is 28.4 Å². The van der Waals surface area contributed by atoms with Crippen molar-refractivity contribution in [1.29, 1.82) is 5.41 Å². The van der Waals surface area contributed by atoms with Crippen molar-refractivity contribution in [3.8, 4) is 11.1 Å². The van der Waals surface area contributed by atoms with Crippen LogP contribution in [0.5, 0.6) is 0 Å². The van der Waals surface area contributed by atoms with E-state index in [1.165, 1.54) is 19.3 Å². The van der Waals surface area contributed by atoms with Gasteiger partial charge in [0.15, 0.2) is 0 Å². The third-order valence-electron chi connectivity index (χ3n) is 7.92. The molecule has 5 N–H and O–H groups in total. The summed E-state index contributed by atoms with van der Waals surface area (Å²) in [5.74, 6) is -0.890. The summed E-state index contributed by atoms with van der Waals surface area (Å²) in [6.45, 7) is 6.66. The van der Waals surface area contributed by atoms with Gasteiger partial charge in [0.1, 0.15) is 5.84 Å². The number of anilines is 1. The van der Waals surface area contributed by atoms with E-state index >= 15 is 0 Å². The van der Waals surface area contributed by atoms with Crippen LogP contribution < -0.4 is 16.6 Å². The van der Waals surface area contributed by atoms with Gasteiger partial charge in [-0.25, -0.2) is 0 Å². The number of aliphatic carboxylic acids is 1. The number of carboxylic acid groups (broad SMARTS) is 1. The number of piperidine rings is 1. The number of pyridine rings is 1. The van der Waals surface area contributed by atoms with Gasteiger partial charge in [0.05, 0.1) is 11.9 Å². The number of unbranched alkanes of at least 4 members (excludes halogenated alkanes) is 2. The Morgan fingerprint density at radius 2 is 1.79 bits per heavy atom. The number of aromatic nitrogens is 1. The number of amidine groups is 1. The number of nitrogens with one attached hydrogen (secondary N) is 2. The Morgan fingerprint density at radius 3 is 2.51 bits per heavy atom. The molecule has 4 rings (SSSR count). The first-order valence-electron chi connectivity index (χ1n) is 14.1. The highest BCUT2D eigenvalue weighted by atomic mass is 16.4. The standard InChI is InChI=1S/C31H41N5O3/c1-21-8-6-9-22(2)35(21)16-4-3-5-17-36-28-20-26(34-15-14-29(37)38)13-12-24(28)19-27(31(36)39)23-10-7-11-25(18-23)30(32)33/h7,10-13,18-22,34H,3-6,8-9,14-17H2,1-2H3,(H3,32,33)(H,37,38)/t21-,22+. The van der Waals surface area contributed by atoms with Crippen molar-refractivity contribution in [3.05, 3.63) is 64.4 Å². The molecule has 0 unspecified atom stereocenters. The monoisotopic (exact) mass is 531 g/mol. The van der Waals surface area contributed by atoms with Crippen LogP contribution in [0.3, 0.4) is 0 Å². The predicted octanol–water partition coefficient (Wildman–Crippen LogP) is 5.27. The Morgan fingerprint density at radius 1 is 1.05 bits per heavy atom. The molecular weight excluding hydrogens is 490 g/mol. The summed E-state index contributed by atoms with van der Waals surface area (Å²) in [5.41, 5.74) is 9.14. The highest BCUT2D eigenvalue weighted by Gasteiger charge is 2.23. The number of fused-ring (bicyclic) bond motifs is 1. The molecule has 0 amide bonds. The molecule has 8 heteroatoms. The zero-order valence-electron chi connectivity index (χ0n) is 23.1. The first kappa shape index (κ1) is 28.4. The second-order valence-corrected chi connectivity index (χ2v) is 10.8. The number of carbonyl (C=O) groups is 1.